The van der Waals surface area contributed by atoms with Crippen molar-refractivity contribution in [3.05, 3.63) is 18.2 Å². The second kappa shape index (κ2) is 6.58. The largest absolute Gasteiger partial charge is 0.495 e. The van der Waals surface area contributed by atoms with Gasteiger partial charge in [0.05, 0.1) is 19.4 Å². The van der Waals surface area contributed by atoms with Crippen molar-refractivity contribution in [3.63, 3.8) is 0 Å². The lowest BCUT2D eigenvalue weighted by Gasteiger charge is -2.30. The number of methoxy groups -OCH3 is 1. The minimum absolute atomic E-state index is 0.143. The van der Waals surface area contributed by atoms with Gasteiger partial charge in [-0.25, -0.2) is 0 Å². The number of nitrogens with one attached hydrogen (secondary N) is 1. The maximum absolute atomic E-state index is 12.3. The number of anilines is 2. The quantitative estimate of drug-likeness (QED) is 0.819. The maximum atomic E-state index is 12.3. The van der Waals surface area contributed by atoms with Crippen molar-refractivity contribution in [2.24, 2.45) is 0 Å². The fourth-order valence-electron chi connectivity index (χ4n) is 2.11. The summed E-state index contributed by atoms with van der Waals surface area (Å²) in [4.78, 5) is 17.8. The molecule has 0 aromatic heterocycles. The highest BCUT2D eigenvalue weighted by Crippen LogP contribution is 2.27. The molecule has 6 heteroatoms. The van der Waals surface area contributed by atoms with Gasteiger partial charge in [-0.05, 0) is 38.0 Å². The first kappa shape index (κ1) is 14.6. The highest BCUT2D eigenvalue weighted by molar-refractivity contribution is 5.96. The van der Waals surface area contributed by atoms with Crippen LogP contribution in [0.4, 0.5) is 11.4 Å². The SMILES string of the molecule is COc1ccc(N)cc1NC(=O)C(C)N1CCCCO1. The Balaban J connectivity index is 2.05. The van der Waals surface area contributed by atoms with Gasteiger partial charge in [0, 0.05) is 12.2 Å². The average Bonchev–Trinajstić information content (AvgIpc) is 2.47. The molecule has 0 saturated carbocycles. The highest BCUT2D eigenvalue weighted by atomic mass is 16.7. The van der Waals surface area contributed by atoms with Crippen molar-refractivity contribution in [3.8, 4) is 5.75 Å². The monoisotopic (exact) mass is 279 g/mol. The molecule has 1 unspecified atom stereocenters. The van der Waals surface area contributed by atoms with Crippen molar-refractivity contribution in [2.75, 3.05) is 31.3 Å². The van der Waals surface area contributed by atoms with Crippen molar-refractivity contribution in [2.45, 2.75) is 25.8 Å². The number of nitrogens with zero attached hydrogens (tertiary/aromatic N) is 1. The van der Waals surface area contributed by atoms with E-state index in [2.05, 4.69) is 5.32 Å². The molecule has 110 valence electrons. The number of hydrogen-bond donors (Lipinski definition) is 2. The van der Waals surface area contributed by atoms with Gasteiger partial charge in [0.2, 0.25) is 5.91 Å². The number of carbonyl (C=O) groups excluding carboxylic acids is 1. The van der Waals surface area contributed by atoms with E-state index in [0.29, 0.717) is 23.7 Å². The molecule has 6 nitrogen and oxygen atoms in total. The summed E-state index contributed by atoms with van der Waals surface area (Å²) in [6, 6.07) is 4.78. The number of benzene rings is 1. The van der Waals surface area contributed by atoms with Gasteiger partial charge in [0.15, 0.2) is 0 Å². The Morgan fingerprint density at radius 2 is 2.30 bits per heavy atom. The van der Waals surface area contributed by atoms with Crippen molar-refractivity contribution in [1.29, 1.82) is 0 Å². The van der Waals surface area contributed by atoms with Gasteiger partial charge >= 0.3 is 0 Å². The summed E-state index contributed by atoms with van der Waals surface area (Å²) >= 11 is 0. The van der Waals surface area contributed by atoms with Crippen LogP contribution in [-0.4, -0.2) is 37.3 Å². The van der Waals surface area contributed by atoms with Crippen LogP contribution in [0.1, 0.15) is 19.8 Å². The van der Waals surface area contributed by atoms with Crippen LogP contribution in [0.25, 0.3) is 0 Å². The zero-order valence-corrected chi connectivity index (χ0v) is 11.9. The Kier molecular flexibility index (Phi) is 4.81. The summed E-state index contributed by atoms with van der Waals surface area (Å²) in [6.45, 7) is 3.25. The molecule has 1 fully saturated rings. The van der Waals surface area contributed by atoms with Crippen LogP contribution in [-0.2, 0) is 9.63 Å². The number of nitrogens with two attached hydrogens (primary N) is 1. The molecule has 1 aromatic rings. The van der Waals surface area contributed by atoms with E-state index in [1.165, 1.54) is 0 Å². The smallest absolute Gasteiger partial charge is 0.243 e. The van der Waals surface area contributed by atoms with Crippen LogP contribution in [0.5, 0.6) is 5.75 Å². The molecule has 0 bridgehead atoms. The standard InChI is InChI=1S/C14H21N3O3/c1-10(17-7-3-4-8-20-17)14(18)16-12-9-11(15)5-6-13(12)19-2/h5-6,9-10H,3-4,7-8,15H2,1-2H3,(H,16,18). The lowest BCUT2D eigenvalue weighted by Crippen LogP contribution is -2.44. The van der Waals surface area contributed by atoms with Gasteiger partial charge in [-0.15, -0.1) is 0 Å². The molecule has 0 radical (unpaired) electrons. The Labute approximate surface area is 118 Å². The molecule has 20 heavy (non-hydrogen) atoms. The molecule has 1 saturated heterocycles. The molecule has 1 heterocycles. The Morgan fingerprint density at radius 3 is 2.95 bits per heavy atom. The van der Waals surface area contributed by atoms with Crippen LogP contribution >= 0.6 is 0 Å². The minimum Gasteiger partial charge on any atom is -0.495 e. The van der Waals surface area contributed by atoms with E-state index in [0.717, 1.165) is 19.4 Å². The zero-order chi connectivity index (χ0) is 14.5. The van der Waals surface area contributed by atoms with E-state index in [9.17, 15) is 4.79 Å². The summed E-state index contributed by atoms with van der Waals surface area (Å²) in [6.07, 6.45) is 2.08. The van der Waals surface area contributed by atoms with Crippen LogP contribution in [0.3, 0.4) is 0 Å². The third kappa shape index (κ3) is 3.40. The van der Waals surface area contributed by atoms with E-state index in [-0.39, 0.29) is 11.9 Å². The highest BCUT2D eigenvalue weighted by Gasteiger charge is 2.24. The van der Waals surface area contributed by atoms with Gasteiger partial charge in [-0.2, -0.15) is 5.06 Å². The first-order valence-electron chi connectivity index (χ1n) is 6.75. The van der Waals surface area contributed by atoms with Gasteiger partial charge < -0.3 is 15.8 Å². The van der Waals surface area contributed by atoms with Crippen LogP contribution in [0.2, 0.25) is 0 Å². The summed E-state index contributed by atoms with van der Waals surface area (Å²) in [5.41, 5.74) is 6.88. The lowest BCUT2D eigenvalue weighted by molar-refractivity contribution is -0.202. The van der Waals surface area contributed by atoms with Crippen LogP contribution < -0.4 is 15.8 Å². The van der Waals surface area contributed by atoms with Gasteiger partial charge in [-0.1, -0.05) is 0 Å². The molecule has 0 aliphatic carbocycles. The summed E-state index contributed by atoms with van der Waals surface area (Å²) in [7, 11) is 1.55. The molecule has 0 spiro atoms. The van der Waals surface area contributed by atoms with E-state index in [4.69, 9.17) is 15.3 Å². The number of carbonyl (C=O) groups is 1. The normalized spacial score (nSPS) is 17.5. The number of ether oxygens (including phenoxy) is 1. The minimum atomic E-state index is -0.360. The van der Waals surface area contributed by atoms with Crippen LogP contribution in [0, 0.1) is 0 Å². The predicted octanol–water partition coefficient (Wildman–Crippen LogP) is 1.63. The molecule has 1 aliphatic rings. The third-order valence-electron chi connectivity index (χ3n) is 3.32. The number of rotatable bonds is 4. The Bertz CT molecular complexity index is 473. The zero-order valence-electron chi connectivity index (χ0n) is 11.9. The van der Waals surface area contributed by atoms with Crippen molar-refractivity contribution >= 4 is 17.3 Å². The summed E-state index contributed by atoms with van der Waals surface area (Å²) in [5.74, 6) is 0.440. The van der Waals surface area contributed by atoms with Gasteiger partial charge in [-0.3, -0.25) is 9.63 Å². The van der Waals surface area contributed by atoms with E-state index in [1.54, 1.807) is 30.4 Å². The maximum Gasteiger partial charge on any atom is 0.243 e. The van der Waals surface area contributed by atoms with Gasteiger partial charge in [0.25, 0.3) is 0 Å². The molecule has 1 atom stereocenters. The van der Waals surface area contributed by atoms with Crippen LogP contribution in [0.15, 0.2) is 18.2 Å². The van der Waals surface area contributed by atoms with Gasteiger partial charge in [0.1, 0.15) is 11.8 Å². The molecule has 1 aliphatic heterocycles. The van der Waals surface area contributed by atoms with E-state index >= 15 is 0 Å². The molecule has 1 amide bonds. The molecule has 2 rings (SSSR count). The number of hydroxylamine groups is 2. The number of amides is 1. The van der Waals surface area contributed by atoms with Crippen molar-refractivity contribution < 1.29 is 14.4 Å². The number of nitrogen functional groups attached to an aromatic ring is 1. The first-order valence-corrected chi connectivity index (χ1v) is 6.75. The Hall–Kier alpha value is -1.79. The third-order valence-corrected chi connectivity index (χ3v) is 3.32. The first-order chi connectivity index (χ1) is 9.61. The van der Waals surface area contributed by atoms with E-state index in [1.807, 2.05) is 6.92 Å². The average molecular weight is 279 g/mol. The second-order valence-corrected chi connectivity index (χ2v) is 4.81. The Morgan fingerprint density at radius 1 is 1.50 bits per heavy atom. The topological polar surface area (TPSA) is 76.8 Å². The number of hydrogen-bond acceptors (Lipinski definition) is 5. The summed E-state index contributed by atoms with van der Waals surface area (Å²) in [5, 5.41) is 4.55. The molecular weight excluding hydrogens is 258 g/mol. The fourth-order valence-corrected chi connectivity index (χ4v) is 2.11. The predicted molar refractivity (Wildman–Crippen MR) is 77.4 cm³/mol. The molecular formula is C14H21N3O3. The molecule has 1 aromatic carbocycles. The summed E-state index contributed by atoms with van der Waals surface area (Å²) < 4.78 is 5.21. The van der Waals surface area contributed by atoms with E-state index < -0.39 is 0 Å². The fraction of sp³-hybridized carbons (Fsp3) is 0.500. The lowest BCUT2D eigenvalue weighted by atomic mass is 10.2. The van der Waals surface area contributed by atoms with Crippen molar-refractivity contribution in [1.82, 2.24) is 5.06 Å². The molecule has 3 N–H and O–H groups in total. The second-order valence-electron chi connectivity index (χ2n) is 4.81.